The van der Waals surface area contributed by atoms with E-state index >= 15 is 0 Å². The number of nitrogens with zero attached hydrogens (tertiary/aromatic N) is 1. The molecular formula is C13H28N2O. The Morgan fingerprint density at radius 3 is 2.69 bits per heavy atom. The van der Waals surface area contributed by atoms with Gasteiger partial charge in [-0.2, -0.15) is 0 Å². The van der Waals surface area contributed by atoms with Gasteiger partial charge in [-0.3, -0.25) is 4.90 Å². The summed E-state index contributed by atoms with van der Waals surface area (Å²) >= 11 is 0. The van der Waals surface area contributed by atoms with Crippen molar-refractivity contribution in [2.75, 3.05) is 26.2 Å². The molecular weight excluding hydrogens is 200 g/mol. The van der Waals surface area contributed by atoms with Gasteiger partial charge in [0.15, 0.2) is 0 Å². The van der Waals surface area contributed by atoms with Crippen LogP contribution in [0.2, 0.25) is 0 Å². The maximum atomic E-state index is 10.1. The molecule has 0 aromatic heterocycles. The van der Waals surface area contributed by atoms with E-state index in [2.05, 4.69) is 24.1 Å². The van der Waals surface area contributed by atoms with Crippen molar-refractivity contribution in [3.05, 3.63) is 0 Å². The van der Waals surface area contributed by atoms with Crippen LogP contribution in [0.5, 0.6) is 0 Å². The molecule has 3 nitrogen and oxygen atoms in total. The highest BCUT2D eigenvalue weighted by Crippen LogP contribution is 2.14. The quantitative estimate of drug-likeness (QED) is 0.695. The lowest BCUT2D eigenvalue weighted by molar-refractivity contribution is 0.0143. The minimum Gasteiger partial charge on any atom is -0.389 e. The zero-order valence-electron chi connectivity index (χ0n) is 11.1. The fraction of sp³-hybridized carbons (Fsp3) is 1.00. The van der Waals surface area contributed by atoms with Crippen molar-refractivity contribution in [2.45, 2.75) is 58.1 Å². The van der Waals surface area contributed by atoms with E-state index in [4.69, 9.17) is 0 Å². The topological polar surface area (TPSA) is 35.5 Å². The van der Waals surface area contributed by atoms with E-state index in [9.17, 15) is 5.11 Å². The summed E-state index contributed by atoms with van der Waals surface area (Å²) < 4.78 is 0. The zero-order valence-corrected chi connectivity index (χ0v) is 11.1. The van der Waals surface area contributed by atoms with Gasteiger partial charge in [0.2, 0.25) is 0 Å². The second kappa shape index (κ2) is 6.58. The first-order valence-electron chi connectivity index (χ1n) is 6.75. The van der Waals surface area contributed by atoms with E-state index < -0.39 is 5.60 Å². The summed E-state index contributed by atoms with van der Waals surface area (Å²) in [5, 5.41) is 13.7. The van der Waals surface area contributed by atoms with Crippen molar-refractivity contribution < 1.29 is 5.11 Å². The number of nitrogens with one attached hydrogen (secondary N) is 1. The molecule has 1 heterocycles. The highest BCUT2D eigenvalue weighted by atomic mass is 16.3. The first-order chi connectivity index (χ1) is 7.57. The van der Waals surface area contributed by atoms with Crippen LogP contribution < -0.4 is 5.32 Å². The Hall–Kier alpha value is -0.120. The maximum Gasteiger partial charge on any atom is 0.0743 e. The molecule has 2 unspecified atom stereocenters. The third-order valence-corrected chi connectivity index (χ3v) is 3.51. The van der Waals surface area contributed by atoms with Gasteiger partial charge in [-0.1, -0.05) is 13.8 Å². The molecule has 1 fully saturated rings. The Balaban J connectivity index is 2.39. The molecule has 0 bridgehead atoms. The Kier molecular flexibility index (Phi) is 5.73. The number of hydrogen-bond donors (Lipinski definition) is 2. The molecule has 16 heavy (non-hydrogen) atoms. The first kappa shape index (κ1) is 13.9. The molecule has 1 aliphatic heterocycles. The molecule has 2 atom stereocenters. The molecule has 0 aromatic carbocycles. The van der Waals surface area contributed by atoms with E-state index in [-0.39, 0.29) is 0 Å². The molecule has 1 saturated heterocycles. The first-order valence-corrected chi connectivity index (χ1v) is 6.75. The zero-order chi connectivity index (χ0) is 12.0. The van der Waals surface area contributed by atoms with E-state index in [1.54, 1.807) is 0 Å². The predicted molar refractivity (Wildman–Crippen MR) is 68.7 cm³/mol. The van der Waals surface area contributed by atoms with Crippen molar-refractivity contribution in [1.29, 1.82) is 0 Å². The van der Waals surface area contributed by atoms with Crippen LogP contribution >= 0.6 is 0 Å². The summed E-state index contributed by atoms with van der Waals surface area (Å²) in [6.45, 7) is 10.3. The summed E-state index contributed by atoms with van der Waals surface area (Å²) in [5.41, 5.74) is -0.534. The average Bonchev–Trinajstić information content (AvgIpc) is 2.70. The third-order valence-electron chi connectivity index (χ3n) is 3.51. The molecule has 1 rings (SSSR count). The van der Waals surface area contributed by atoms with Crippen LogP contribution in [-0.2, 0) is 0 Å². The van der Waals surface area contributed by atoms with Crippen LogP contribution in [0.3, 0.4) is 0 Å². The molecule has 96 valence electrons. The van der Waals surface area contributed by atoms with Crippen LogP contribution in [0.15, 0.2) is 0 Å². The number of hydrogen-bond acceptors (Lipinski definition) is 3. The van der Waals surface area contributed by atoms with Gasteiger partial charge in [0.25, 0.3) is 0 Å². The highest BCUT2D eigenvalue weighted by Gasteiger charge is 2.24. The van der Waals surface area contributed by atoms with Crippen molar-refractivity contribution in [1.82, 2.24) is 10.2 Å². The summed E-state index contributed by atoms with van der Waals surface area (Å²) in [7, 11) is 0. The SMILES string of the molecule is CCCN(CC1CCCN1)CC(C)(O)CC. The predicted octanol–water partition coefficient (Wildman–Crippen LogP) is 1.61. The van der Waals surface area contributed by atoms with Gasteiger partial charge in [0.1, 0.15) is 0 Å². The fourth-order valence-electron chi connectivity index (χ4n) is 2.37. The van der Waals surface area contributed by atoms with Crippen LogP contribution in [0.1, 0.15) is 46.5 Å². The Bertz CT molecular complexity index is 188. The molecule has 0 aliphatic carbocycles. The van der Waals surface area contributed by atoms with Gasteiger partial charge >= 0.3 is 0 Å². The van der Waals surface area contributed by atoms with Gasteiger partial charge in [-0.15, -0.1) is 0 Å². The van der Waals surface area contributed by atoms with Crippen LogP contribution in [0.25, 0.3) is 0 Å². The van der Waals surface area contributed by atoms with Gasteiger partial charge in [-0.05, 0) is 45.7 Å². The van der Waals surface area contributed by atoms with Gasteiger partial charge in [-0.25, -0.2) is 0 Å². The Morgan fingerprint density at radius 2 is 2.19 bits per heavy atom. The van der Waals surface area contributed by atoms with Crippen molar-refractivity contribution >= 4 is 0 Å². The minimum atomic E-state index is -0.534. The molecule has 0 saturated carbocycles. The number of aliphatic hydroxyl groups is 1. The van der Waals surface area contributed by atoms with Crippen LogP contribution in [-0.4, -0.2) is 47.8 Å². The summed E-state index contributed by atoms with van der Waals surface area (Å²) in [6.07, 6.45) is 4.57. The third kappa shape index (κ3) is 4.81. The lowest BCUT2D eigenvalue weighted by atomic mass is 10.0. The van der Waals surface area contributed by atoms with E-state index in [0.29, 0.717) is 6.04 Å². The molecule has 2 N–H and O–H groups in total. The highest BCUT2D eigenvalue weighted by molar-refractivity contribution is 4.82. The van der Waals surface area contributed by atoms with Gasteiger partial charge < -0.3 is 10.4 Å². The maximum absolute atomic E-state index is 10.1. The van der Waals surface area contributed by atoms with E-state index in [1.165, 1.54) is 12.8 Å². The summed E-state index contributed by atoms with van der Waals surface area (Å²) in [4.78, 5) is 2.41. The average molecular weight is 228 g/mol. The van der Waals surface area contributed by atoms with Gasteiger partial charge in [0.05, 0.1) is 5.60 Å². The number of rotatable bonds is 7. The second-order valence-electron chi connectivity index (χ2n) is 5.38. The van der Waals surface area contributed by atoms with Crippen LogP contribution in [0, 0.1) is 0 Å². The fourth-order valence-corrected chi connectivity index (χ4v) is 2.37. The molecule has 0 aromatic rings. The lowest BCUT2D eigenvalue weighted by Gasteiger charge is -2.32. The Labute approximate surface area is 100 Å². The van der Waals surface area contributed by atoms with E-state index in [0.717, 1.165) is 39.0 Å². The standard InChI is InChI=1S/C13H28N2O/c1-4-9-15(11-13(3,16)5-2)10-12-7-6-8-14-12/h12,14,16H,4-11H2,1-3H3. The molecule has 0 radical (unpaired) electrons. The summed E-state index contributed by atoms with van der Waals surface area (Å²) in [5.74, 6) is 0. The second-order valence-corrected chi connectivity index (χ2v) is 5.38. The molecule has 0 spiro atoms. The molecule has 0 amide bonds. The van der Waals surface area contributed by atoms with Crippen molar-refractivity contribution in [2.24, 2.45) is 0 Å². The monoisotopic (exact) mass is 228 g/mol. The molecule has 3 heteroatoms. The molecule has 1 aliphatic rings. The normalized spacial score (nSPS) is 24.9. The van der Waals surface area contributed by atoms with E-state index in [1.807, 2.05) is 6.92 Å². The van der Waals surface area contributed by atoms with Crippen LogP contribution in [0.4, 0.5) is 0 Å². The van der Waals surface area contributed by atoms with Gasteiger partial charge in [0, 0.05) is 19.1 Å². The minimum absolute atomic E-state index is 0.534. The van der Waals surface area contributed by atoms with Crippen molar-refractivity contribution in [3.63, 3.8) is 0 Å². The Morgan fingerprint density at radius 1 is 1.44 bits per heavy atom. The van der Waals surface area contributed by atoms with Crippen molar-refractivity contribution in [3.8, 4) is 0 Å². The largest absolute Gasteiger partial charge is 0.389 e. The summed E-state index contributed by atoms with van der Waals surface area (Å²) in [6, 6.07) is 0.638. The smallest absolute Gasteiger partial charge is 0.0743 e. The lowest BCUT2D eigenvalue weighted by Crippen LogP contribution is -2.45.